The van der Waals surface area contributed by atoms with Gasteiger partial charge in [0, 0.05) is 0 Å². The zero-order valence-corrected chi connectivity index (χ0v) is 10.9. The highest BCUT2D eigenvalue weighted by atomic mass is 127. The molecule has 0 saturated carbocycles. The first kappa shape index (κ1) is 9.82. The molecule has 1 aromatic carbocycles. The van der Waals surface area contributed by atoms with E-state index in [1.165, 1.54) is 0 Å². The van der Waals surface area contributed by atoms with Crippen molar-refractivity contribution in [1.29, 1.82) is 0 Å². The predicted molar refractivity (Wildman–Crippen MR) is 61.6 cm³/mol. The van der Waals surface area contributed by atoms with Crippen molar-refractivity contribution < 1.29 is 4.43 Å². The lowest BCUT2D eigenvalue weighted by atomic mass is 10.3. The molecule has 1 nitrogen and oxygen atoms in total. The summed E-state index contributed by atoms with van der Waals surface area (Å²) in [7, 11) is 0. The van der Waals surface area contributed by atoms with E-state index < -0.39 is 3.74 Å². The Bertz CT molecular complexity index is 226. The fraction of sp³-hybridized carbons (Fsp3) is 0. The van der Waals surface area contributed by atoms with E-state index in [1.54, 1.807) is 0 Å². The zero-order valence-electron chi connectivity index (χ0n) is 5.43. The highest BCUT2D eigenvalue weighted by Crippen LogP contribution is 2.28. The van der Waals surface area contributed by atoms with E-state index in [1.807, 2.05) is 30.3 Å². The molecular weight excluding hydrogens is 358 g/mol. The molecule has 0 N–H and O–H groups in total. The van der Waals surface area contributed by atoms with Crippen LogP contribution in [0.1, 0.15) is 0 Å². The molecule has 0 aliphatic carbocycles. The quantitative estimate of drug-likeness (QED) is 0.443. The lowest BCUT2D eigenvalue weighted by molar-refractivity contribution is 0.603. The maximum Gasteiger partial charge on any atom is 0.489 e. The molecule has 0 bridgehead atoms. The van der Waals surface area contributed by atoms with E-state index in [2.05, 4.69) is 37.1 Å². The van der Waals surface area contributed by atoms with Gasteiger partial charge in [0.15, 0.2) is 0 Å². The van der Waals surface area contributed by atoms with E-state index in [0.29, 0.717) is 0 Å². The number of benzene rings is 1. The molecule has 0 aromatic heterocycles. The minimum atomic E-state index is -2.14. The third-order valence-electron chi connectivity index (χ3n) is 0.977. The Balaban J connectivity index is 2.66. The van der Waals surface area contributed by atoms with E-state index in [-0.39, 0.29) is 0 Å². The normalized spacial score (nSPS) is 15.5. The van der Waals surface area contributed by atoms with Crippen LogP contribution < -0.4 is 4.43 Å². The number of halogens is 3. The molecule has 0 heterocycles. The molecule has 0 aliphatic heterocycles. The summed E-state index contributed by atoms with van der Waals surface area (Å²) in [4.78, 5) is 0. The number of hydrogen-bond donors (Lipinski definition) is 0. The Labute approximate surface area is 91.7 Å². The van der Waals surface area contributed by atoms with E-state index in [4.69, 9.17) is 15.5 Å². The van der Waals surface area contributed by atoms with Gasteiger partial charge in [-0.3, -0.25) is 0 Å². The van der Waals surface area contributed by atoms with Crippen LogP contribution in [-0.2, 0) is 0 Å². The molecule has 1 atom stereocenters. The van der Waals surface area contributed by atoms with Gasteiger partial charge in [-0.1, -0.05) is 29.3 Å². The summed E-state index contributed by atoms with van der Waals surface area (Å²) >= 11 is 11.3. The molecule has 0 saturated heterocycles. The number of para-hydroxylation sites is 1. The Morgan fingerprint density at radius 2 is 1.91 bits per heavy atom. The molecular formula is C6H5BrClIOSi. The standard InChI is InChI=1S/C6H5BrClIOSi/c7-11(8,9)10-6-4-2-1-3-5-6/h1-5H. The zero-order chi connectivity index (χ0) is 8.32. The fourth-order valence-corrected chi connectivity index (χ4v) is 2.62. The molecule has 11 heavy (non-hydrogen) atoms. The number of rotatable bonds is 2. The van der Waals surface area contributed by atoms with Crippen LogP contribution >= 0.6 is 48.2 Å². The van der Waals surface area contributed by atoms with Crippen molar-refractivity contribution in [3.63, 3.8) is 0 Å². The Hall–Kier alpha value is 0.737. The summed E-state index contributed by atoms with van der Waals surface area (Å²) in [6.07, 6.45) is 0. The average Bonchev–Trinajstić information content (AvgIpc) is 1.85. The lowest BCUT2D eigenvalue weighted by Crippen LogP contribution is -2.18. The van der Waals surface area contributed by atoms with Gasteiger partial charge >= 0.3 is 3.74 Å². The summed E-state index contributed by atoms with van der Waals surface area (Å²) in [5, 5.41) is 0. The van der Waals surface area contributed by atoms with Crippen molar-refractivity contribution in [2.45, 2.75) is 0 Å². The molecule has 0 fully saturated rings. The summed E-state index contributed by atoms with van der Waals surface area (Å²) < 4.78 is 3.27. The predicted octanol–water partition coefficient (Wildman–Crippen LogP) is 3.57. The van der Waals surface area contributed by atoms with E-state index in [9.17, 15) is 0 Å². The van der Waals surface area contributed by atoms with Crippen LogP contribution in [0.15, 0.2) is 30.3 Å². The SMILES string of the molecule is Cl[Si](Br)(I)Oc1ccccc1. The second-order valence-electron chi connectivity index (χ2n) is 1.86. The maximum absolute atomic E-state index is 5.89. The van der Waals surface area contributed by atoms with Crippen molar-refractivity contribution in [3.05, 3.63) is 30.3 Å². The van der Waals surface area contributed by atoms with E-state index >= 15 is 0 Å². The summed E-state index contributed by atoms with van der Waals surface area (Å²) in [5.74, 6) is 0.806. The van der Waals surface area contributed by atoms with Crippen molar-refractivity contribution >= 4 is 51.9 Å². The summed E-state index contributed by atoms with van der Waals surface area (Å²) in [6.45, 7) is 0. The second-order valence-corrected chi connectivity index (χ2v) is 20.2. The first-order valence-corrected chi connectivity index (χ1v) is 11.2. The Kier molecular flexibility index (Phi) is 3.67. The summed E-state index contributed by atoms with van der Waals surface area (Å²) in [6, 6.07) is 9.52. The van der Waals surface area contributed by atoms with Gasteiger partial charge in [-0.25, -0.2) is 0 Å². The van der Waals surface area contributed by atoms with Gasteiger partial charge < -0.3 is 4.43 Å². The van der Waals surface area contributed by atoms with Crippen molar-refractivity contribution in [2.75, 3.05) is 0 Å². The first-order valence-electron chi connectivity index (χ1n) is 2.89. The van der Waals surface area contributed by atoms with Gasteiger partial charge in [-0.15, -0.1) is 0 Å². The van der Waals surface area contributed by atoms with Crippen LogP contribution in [0.25, 0.3) is 0 Å². The first-order chi connectivity index (χ1) is 5.08. The highest BCUT2D eigenvalue weighted by Gasteiger charge is 2.26. The maximum atomic E-state index is 5.89. The van der Waals surface area contributed by atoms with Gasteiger partial charge in [0.05, 0.1) is 0 Å². The van der Waals surface area contributed by atoms with Gasteiger partial charge in [-0.05, 0) is 49.2 Å². The molecule has 1 unspecified atom stereocenters. The van der Waals surface area contributed by atoms with Gasteiger partial charge in [0.1, 0.15) is 5.75 Å². The molecule has 0 radical (unpaired) electrons. The van der Waals surface area contributed by atoms with Crippen LogP contribution in [0.5, 0.6) is 5.75 Å². The molecule has 0 amide bonds. The third-order valence-corrected chi connectivity index (χ3v) is 2.82. The average molecular weight is 363 g/mol. The topological polar surface area (TPSA) is 9.23 Å². The molecule has 60 valence electrons. The van der Waals surface area contributed by atoms with Crippen LogP contribution in [-0.4, -0.2) is 3.74 Å². The van der Waals surface area contributed by atoms with Gasteiger partial charge in [0.25, 0.3) is 0 Å². The van der Waals surface area contributed by atoms with E-state index in [0.717, 1.165) is 5.75 Å². The Morgan fingerprint density at radius 3 is 2.36 bits per heavy atom. The van der Waals surface area contributed by atoms with Crippen LogP contribution in [0.2, 0.25) is 0 Å². The molecule has 5 heteroatoms. The monoisotopic (exact) mass is 362 g/mol. The highest BCUT2D eigenvalue weighted by molar-refractivity contribution is 14.1. The summed E-state index contributed by atoms with van der Waals surface area (Å²) in [5.41, 5.74) is 0. The second kappa shape index (κ2) is 4.11. The van der Waals surface area contributed by atoms with Crippen LogP contribution in [0.4, 0.5) is 0 Å². The Morgan fingerprint density at radius 1 is 1.36 bits per heavy atom. The molecule has 1 rings (SSSR count). The number of hydrogen-bond acceptors (Lipinski definition) is 1. The van der Waals surface area contributed by atoms with Crippen molar-refractivity contribution in [3.8, 4) is 5.75 Å². The molecule has 0 spiro atoms. The largest absolute Gasteiger partial charge is 0.515 e. The minimum absolute atomic E-state index is 0.806. The van der Waals surface area contributed by atoms with Crippen molar-refractivity contribution in [1.82, 2.24) is 0 Å². The molecule has 0 aliphatic rings. The van der Waals surface area contributed by atoms with Crippen molar-refractivity contribution in [2.24, 2.45) is 0 Å². The molecule has 1 aromatic rings. The third kappa shape index (κ3) is 4.34. The van der Waals surface area contributed by atoms with Crippen LogP contribution in [0.3, 0.4) is 0 Å². The van der Waals surface area contributed by atoms with Gasteiger partial charge in [0.2, 0.25) is 0 Å². The minimum Gasteiger partial charge on any atom is -0.515 e. The lowest BCUT2D eigenvalue weighted by Gasteiger charge is -2.11. The fourth-order valence-electron chi connectivity index (χ4n) is 0.622. The van der Waals surface area contributed by atoms with Gasteiger partial charge in [-0.2, -0.15) is 0 Å². The van der Waals surface area contributed by atoms with Crippen LogP contribution in [0, 0.1) is 0 Å². The smallest absolute Gasteiger partial charge is 0.489 e.